The Kier molecular flexibility index (Phi) is 4.08. The van der Waals surface area contributed by atoms with Crippen LogP contribution in [0.2, 0.25) is 0 Å². The van der Waals surface area contributed by atoms with Crippen molar-refractivity contribution < 1.29 is 18.0 Å². The molecule has 1 aromatic rings. The molecule has 1 amide bonds. The molecule has 2 N–H and O–H groups in total. The first-order valence-electron chi connectivity index (χ1n) is 7.61. The van der Waals surface area contributed by atoms with Gasteiger partial charge in [0.1, 0.15) is 0 Å². The summed E-state index contributed by atoms with van der Waals surface area (Å²) >= 11 is 0. The summed E-state index contributed by atoms with van der Waals surface area (Å²) in [6.07, 6.45) is -2.45. The maximum absolute atomic E-state index is 12.8. The van der Waals surface area contributed by atoms with E-state index in [1.165, 1.54) is 9.47 Å². The second-order valence-electron chi connectivity index (χ2n) is 6.25. The molecule has 0 aromatic carbocycles. The third-order valence-electron chi connectivity index (χ3n) is 4.62. The van der Waals surface area contributed by atoms with Gasteiger partial charge in [-0.3, -0.25) is 0 Å². The molecule has 1 fully saturated rings. The number of carbonyl (C=O) groups is 1. The van der Waals surface area contributed by atoms with Gasteiger partial charge in [-0.15, -0.1) is 0 Å². The third-order valence-corrected chi connectivity index (χ3v) is 4.62. The summed E-state index contributed by atoms with van der Waals surface area (Å²) in [5, 5.41) is 0. The Hall–Kier alpha value is -1.64. The topological polar surface area (TPSA) is 68.3 Å². The van der Waals surface area contributed by atoms with E-state index in [2.05, 4.69) is 0 Å². The molecule has 1 saturated carbocycles. The zero-order valence-corrected chi connectivity index (χ0v) is 12.5. The zero-order valence-electron chi connectivity index (χ0n) is 12.5. The molecule has 5 nitrogen and oxygen atoms in total. The van der Waals surface area contributed by atoms with Crippen LogP contribution in [0.5, 0.6) is 0 Å². The summed E-state index contributed by atoms with van der Waals surface area (Å²) in [6.45, 7) is 1.55. The van der Waals surface area contributed by atoms with Gasteiger partial charge in [-0.25, -0.2) is 0 Å². The Morgan fingerprint density at radius 1 is 1.30 bits per heavy atom. The number of hydrogen-bond acceptors (Lipinski definition) is 3. The van der Waals surface area contributed by atoms with E-state index in [1.54, 1.807) is 0 Å². The molecule has 124 valence electrons. The normalized spacial score (nSPS) is 24.4. The fraction of sp³-hybridized carbons (Fsp3) is 0.643. The van der Waals surface area contributed by atoms with Gasteiger partial charge in [0.05, 0.1) is 0 Å². The van der Waals surface area contributed by atoms with Crippen LogP contribution in [-0.4, -0.2) is 34.9 Å². The predicted molar refractivity (Wildman–Crippen MR) is 77.8 cm³/mol. The number of alkyl halides is 3. The number of nitrogens with two attached hydrogens (primary N) is 1. The summed E-state index contributed by atoms with van der Waals surface area (Å²) < 4.78 is 39.8. The number of rotatable bonds is 1. The average Bonchev–Trinajstić information content (AvgIpc) is 2.91. The van der Waals surface area contributed by atoms with Crippen LogP contribution in [0.25, 0.3) is 0 Å². The molecule has 1 aromatic heterocycles. The summed E-state index contributed by atoms with van der Waals surface area (Å²) in [6, 6.07) is 0.622. The number of aromatic nitrogens is 1. The van der Waals surface area contributed by atoms with Crippen LogP contribution < -0.4 is 11.3 Å². The van der Waals surface area contributed by atoms with E-state index in [1.807, 2.05) is 0 Å². The molecule has 0 radical (unpaired) electrons. The minimum absolute atomic E-state index is 0.0143. The van der Waals surface area contributed by atoms with Crippen LogP contribution in [0.3, 0.4) is 0 Å². The summed E-state index contributed by atoms with van der Waals surface area (Å²) in [7, 11) is 0. The van der Waals surface area contributed by atoms with Gasteiger partial charge >= 0.3 is 130 Å². The first-order valence-corrected chi connectivity index (χ1v) is 7.61. The molecule has 2 aliphatic rings. The van der Waals surface area contributed by atoms with Gasteiger partial charge in [0.15, 0.2) is 0 Å². The molecule has 9 heteroatoms. The second-order valence-corrected chi connectivity index (χ2v) is 6.25. The quantitative estimate of drug-likeness (QED) is 0.825. The molecule has 2 atom stereocenters. The fourth-order valence-electron chi connectivity index (χ4n) is 3.38. The predicted octanol–water partition coefficient (Wildman–Crippen LogP) is 0.675. The maximum atomic E-state index is 12.8. The van der Waals surface area contributed by atoms with Crippen LogP contribution in [0.1, 0.15) is 30.3 Å². The minimum atomic E-state index is -4.57. The summed E-state index contributed by atoms with van der Waals surface area (Å²) in [5.41, 5.74) is 4.40. The Balaban J connectivity index is 1.84. The van der Waals surface area contributed by atoms with Gasteiger partial charge in [0, 0.05) is 0 Å². The Morgan fingerprint density at radius 2 is 2.04 bits per heavy atom. The first-order chi connectivity index (χ1) is 10.8. The average molecular weight is 327 g/mol. The third kappa shape index (κ3) is 3.20. The number of nitrogens with zero attached hydrogens (tertiary/aromatic N) is 2. The van der Waals surface area contributed by atoms with Crippen molar-refractivity contribution in [3.63, 3.8) is 0 Å². The molecule has 0 saturated heterocycles. The molecule has 0 spiro atoms. The van der Waals surface area contributed by atoms with Gasteiger partial charge in [0.25, 0.3) is 0 Å². The van der Waals surface area contributed by atoms with Gasteiger partial charge in [-0.1, -0.05) is 0 Å². The SMILES string of the molecule is N[C@@H]1CC[C@H](C(=O)N2CCn3c(bc(C(F)(F)F)cc3=O)C2)C1. The van der Waals surface area contributed by atoms with E-state index in [9.17, 15) is 22.8 Å². The number of hydrogen-bond donors (Lipinski definition) is 1. The number of carbonyl (C=O) groups excluding carboxylic acids is 1. The van der Waals surface area contributed by atoms with E-state index in [0.29, 0.717) is 25.5 Å². The molecule has 23 heavy (non-hydrogen) atoms. The molecule has 3 rings (SSSR count). The van der Waals surface area contributed by atoms with Crippen molar-refractivity contribution in [3.05, 3.63) is 27.5 Å². The Morgan fingerprint density at radius 3 is 2.65 bits per heavy atom. The van der Waals surface area contributed by atoms with Crippen molar-refractivity contribution in [3.8, 4) is 0 Å². The van der Waals surface area contributed by atoms with E-state index in [-0.39, 0.29) is 36.5 Å². The van der Waals surface area contributed by atoms with Crippen molar-refractivity contribution in [1.29, 1.82) is 0 Å². The molecular weight excluding hydrogens is 310 g/mol. The van der Waals surface area contributed by atoms with Crippen LogP contribution in [-0.2, 0) is 24.1 Å². The molecular formula is C14H17BF3N3O2. The van der Waals surface area contributed by atoms with Crippen LogP contribution >= 0.6 is 0 Å². The molecule has 2 heterocycles. The number of halogens is 3. The van der Waals surface area contributed by atoms with Gasteiger partial charge in [0.2, 0.25) is 0 Å². The second kappa shape index (κ2) is 5.77. The standard InChI is InChI=1S/C14H17BF3N3O2/c16-14(17,18)10-6-12(22)21-4-3-20(7-11(21)15-10)13(23)8-1-2-9(19)5-8/h6,8-9H,1-5,7,19H2/t8-,9+/m0/s1. The van der Waals surface area contributed by atoms with Crippen molar-refractivity contribution in [2.24, 2.45) is 11.7 Å². The summed E-state index contributed by atoms with van der Waals surface area (Å²) in [5.74, 6) is -0.233. The van der Waals surface area contributed by atoms with Crippen LogP contribution in [0.15, 0.2) is 10.9 Å². The van der Waals surface area contributed by atoms with Crippen molar-refractivity contribution in [2.75, 3.05) is 6.54 Å². The Bertz CT molecular complexity index is 689. The first kappa shape index (κ1) is 16.2. The van der Waals surface area contributed by atoms with E-state index in [4.69, 9.17) is 5.73 Å². The van der Waals surface area contributed by atoms with Crippen molar-refractivity contribution in [1.82, 2.24) is 9.47 Å². The zero-order chi connectivity index (χ0) is 16.8. The van der Waals surface area contributed by atoms with Crippen molar-refractivity contribution in [2.45, 2.75) is 44.6 Å². The number of amides is 1. The van der Waals surface area contributed by atoms with E-state index >= 15 is 0 Å². The number of fused-ring (bicyclic) bond motifs is 1. The van der Waals surface area contributed by atoms with E-state index < -0.39 is 17.2 Å². The van der Waals surface area contributed by atoms with E-state index in [0.717, 1.165) is 13.3 Å². The van der Waals surface area contributed by atoms with Crippen LogP contribution in [0, 0.1) is 5.92 Å². The monoisotopic (exact) mass is 327 g/mol. The molecule has 0 bridgehead atoms. The summed E-state index contributed by atoms with van der Waals surface area (Å²) in [4.78, 5) is 25.9. The van der Waals surface area contributed by atoms with Crippen molar-refractivity contribution >= 4 is 12.8 Å². The molecule has 0 unspecified atom stereocenters. The van der Waals surface area contributed by atoms with Gasteiger partial charge in [-0.2, -0.15) is 0 Å². The van der Waals surface area contributed by atoms with Gasteiger partial charge < -0.3 is 0 Å². The van der Waals surface area contributed by atoms with Gasteiger partial charge in [-0.05, 0) is 0 Å². The Labute approximate surface area is 131 Å². The van der Waals surface area contributed by atoms with Crippen LogP contribution in [0.4, 0.5) is 13.2 Å². The fourth-order valence-corrected chi connectivity index (χ4v) is 3.38. The molecule has 1 aliphatic heterocycles. The molecule has 1 aliphatic carbocycles.